The molecule has 4 rings (SSSR count). The summed E-state index contributed by atoms with van der Waals surface area (Å²) in [5.74, 6) is 0.253. The molecule has 2 aromatic heterocycles. The lowest BCUT2D eigenvalue weighted by Crippen LogP contribution is -2.15. The summed E-state index contributed by atoms with van der Waals surface area (Å²) in [6.07, 6.45) is 1.16. The van der Waals surface area contributed by atoms with Crippen LogP contribution in [0.5, 0.6) is 5.75 Å². The molecule has 0 saturated carbocycles. The Kier molecular flexibility index (Phi) is 4.60. The first-order chi connectivity index (χ1) is 13.5. The minimum Gasteiger partial charge on any atom is -0.421 e. The van der Waals surface area contributed by atoms with Crippen molar-refractivity contribution in [2.75, 3.05) is 18.7 Å². The molecule has 0 bridgehead atoms. The normalized spacial score (nSPS) is 18.4. The van der Waals surface area contributed by atoms with E-state index in [0.717, 1.165) is 0 Å². The molecule has 3 heterocycles. The Hall–Kier alpha value is -3.19. The van der Waals surface area contributed by atoms with Crippen LogP contribution in [-0.2, 0) is 27.0 Å². The molecule has 0 aliphatic carbocycles. The van der Waals surface area contributed by atoms with Gasteiger partial charge in [0.2, 0.25) is 5.95 Å². The van der Waals surface area contributed by atoms with Crippen LogP contribution in [0.3, 0.4) is 0 Å². The van der Waals surface area contributed by atoms with E-state index in [-0.39, 0.29) is 36.8 Å². The Bertz CT molecular complexity index is 1200. The van der Waals surface area contributed by atoms with Crippen molar-refractivity contribution >= 4 is 24.7 Å². The minimum atomic E-state index is -3.54. The van der Waals surface area contributed by atoms with Crippen molar-refractivity contribution < 1.29 is 18.3 Å². The maximum absolute atomic E-state index is 12.8. The number of nitrogens with zero attached hydrogens (tertiary/aromatic N) is 4. The number of benzene rings is 1. The van der Waals surface area contributed by atoms with Gasteiger partial charge in [0.15, 0.2) is 23.3 Å². The van der Waals surface area contributed by atoms with Gasteiger partial charge in [0.1, 0.15) is 6.07 Å². The number of hydrogen-bond donors (Lipinski definition) is 2. The van der Waals surface area contributed by atoms with E-state index in [1.165, 1.54) is 6.33 Å². The fourth-order valence-corrected chi connectivity index (χ4v) is 4.13. The van der Waals surface area contributed by atoms with Crippen LogP contribution in [0.25, 0.3) is 11.2 Å². The Morgan fingerprint density at radius 3 is 3.14 bits per heavy atom. The van der Waals surface area contributed by atoms with Crippen LogP contribution in [-0.4, -0.2) is 32.5 Å². The van der Waals surface area contributed by atoms with Crippen molar-refractivity contribution in [3.8, 4) is 11.8 Å². The monoisotopic (exact) mass is 402 g/mol. The number of imidazole rings is 1. The number of H-pyrrole nitrogens is 1. The van der Waals surface area contributed by atoms with Crippen molar-refractivity contribution in [3.63, 3.8) is 0 Å². The van der Waals surface area contributed by atoms with Gasteiger partial charge in [-0.05, 0) is 6.07 Å². The molecule has 3 aromatic rings. The lowest BCUT2D eigenvalue weighted by atomic mass is 10.1. The number of aromatic nitrogens is 4. The van der Waals surface area contributed by atoms with E-state index in [9.17, 15) is 9.36 Å². The van der Waals surface area contributed by atoms with Gasteiger partial charge in [-0.25, -0.2) is 9.55 Å². The van der Waals surface area contributed by atoms with Gasteiger partial charge in [-0.15, -0.1) is 0 Å². The molecule has 0 saturated heterocycles. The summed E-state index contributed by atoms with van der Waals surface area (Å²) >= 11 is 0. The second kappa shape index (κ2) is 7.09. The third-order valence-corrected chi connectivity index (χ3v) is 5.57. The highest BCUT2D eigenvalue weighted by molar-refractivity contribution is 7.54. The van der Waals surface area contributed by atoms with Gasteiger partial charge in [0.05, 0.1) is 25.1 Å². The van der Waals surface area contributed by atoms with Gasteiger partial charge >= 0.3 is 7.60 Å². The third kappa shape index (κ3) is 3.36. The van der Waals surface area contributed by atoms with E-state index >= 15 is 0 Å². The molecule has 11 nitrogen and oxygen atoms in total. The number of rotatable bonds is 5. The number of hydrogen-bond acceptors (Lipinski definition) is 9. The lowest BCUT2D eigenvalue weighted by molar-refractivity contribution is 0.132. The molecule has 0 spiro atoms. The van der Waals surface area contributed by atoms with Crippen molar-refractivity contribution in [2.24, 2.45) is 0 Å². The van der Waals surface area contributed by atoms with E-state index in [1.54, 1.807) is 22.8 Å². The maximum atomic E-state index is 12.8. The highest BCUT2D eigenvalue weighted by atomic mass is 31.2. The fraction of sp³-hybridized carbons (Fsp3) is 0.250. The van der Waals surface area contributed by atoms with E-state index < -0.39 is 13.2 Å². The van der Waals surface area contributed by atoms with Gasteiger partial charge in [-0.1, -0.05) is 12.1 Å². The van der Waals surface area contributed by atoms with Crippen LogP contribution >= 0.6 is 7.60 Å². The van der Waals surface area contributed by atoms with Gasteiger partial charge in [0.25, 0.3) is 5.56 Å². The predicted octanol–water partition coefficient (Wildman–Crippen LogP) is 1.35. The molecule has 1 aliphatic rings. The van der Waals surface area contributed by atoms with Crippen molar-refractivity contribution in [1.29, 1.82) is 5.26 Å². The molecule has 12 heteroatoms. The highest BCUT2D eigenvalue weighted by Crippen LogP contribution is 2.54. The summed E-state index contributed by atoms with van der Waals surface area (Å²) < 4.78 is 30.6. The minimum absolute atomic E-state index is 0.0134. The number of anilines is 1. The quantitative estimate of drug-likeness (QED) is 0.474. The summed E-state index contributed by atoms with van der Waals surface area (Å²) in [4.78, 5) is 22.2. The Morgan fingerprint density at radius 2 is 2.32 bits per heavy atom. The van der Waals surface area contributed by atoms with Crippen LogP contribution in [0.15, 0.2) is 29.3 Å². The van der Waals surface area contributed by atoms with Gasteiger partial charge < -0.3 is 19.6 Å². The lowest BCUT2D eigenvalue weighted by Gasteiger charge is -2.26. The first-order valence-electron chi connectivity index (χ1n) is 8.23. The van der Waals surface area contributed by atoms with Crippen LogP contribution in [0.4, 0.5) is 5.95 Å². The van der Waals surface area contributed by atoms with E-state index in [0.29, 0.717) is 23.3 Å². The van der Waals surface area contributed by atoms with Crippen LogP contribution < -0.4 is 15.8 Å². The fourth-order valence-electron chi connectivity index (χ4n) is 2.76. The van der Waals surface area contributed by atoms with Crippen LogP contribution in [0, 0.1) is 11.3 Å². The molecule has 0 fully saturated rings. The Balaban J connectivity index is 1.40. The standard InChI is InChI=1S/C16H15N6O5P/c17-6-10-2-1-3-11-7-26-28(24,27-13(10)11)9-25-5-4-22-8-19-12-14(22)20-16(18)21-15(12)23/h1-3,8H,4-5,7,9H2,(H3,18,20,21,23). The van der Waals surface area contributed by atoms with Crippen molar-refractivity contribution in [3.05, 3.63) is 46.0 Å². The largest absolute Gasteiger partial charge is 0.421 e. The zero-order chi connectivity index (χ0) is 19.7. The Morgan fingerprint density at radius 1 is 1.46 bits per heavy atom. The molecule has 144 valence electrons. The number of nitrogen functional groups attached to an aromatic ring is 1. The Labute approximate surface area is 158 Å². The van der Waals surface area contributed by atoms with Gasteiger partial charge in [0, 0.05) is 12.1 Å². The smallest absolute Gasteiger partial charge is 0.405 e. The number of nitrogens with two attached hydrogens (primary N) is 1. The van der Waals surface area contributed by atoms with E-state index in [1.807, 2.05) is 6.07 Å². The second-order valence-corrected chi connectivity index (χ2v) is 7.90. The van der Waals surface area contributed by atoms with E-state index in [4.69, 9.17) is 24.8 Å². The third-order valence-electron chi connectivity index (χ3n) is 4.08. The summed E-state index contributed by atoms with van der Waals surface area (Å²) in [5, 5.41) is 9.17. The average Bonchev–Trinajstić information content (AvgIpc) is 3.08. The summed E-state index contributed by atoms with van der Waals surface area (Å²) in [6.45, 7) is 0.513. The summed E-state index contributed by atoms with van der Waals surface area (Å²) in [7, 11) is -3.54. The average molecular weight is 402 g/mol. The molecule has 0 amide bonds. The number of aromatic amines is 1. The SMILES string of the molecule is N#Cc1cccc2c1OP(=O)(COCCn1cnc3c(=O)[nH]c(N)nc31)OC2. The zero-order valence-corrected chi connectivity index (χ0v) is 15.4. The van der Waals surface area contributed by atoms with Crippen molar-refractivity contribution in [1.82, 2.24) is 19.5 Å². The van der Waals surface area contributed by atoms with Crippen LogP contribution in [0.1, 0.15) is 11.1 Å². The second-order valence-electron chi connectivity index (χ2n) is 5.98. The zero-order valence-electron chi connectivity index (χ0n) is 14.5. The molecule has 1 atom stereocenters. The molecule has 0 radical (unpaired) electrons. The number of para-hydroxylation sites is 1. The topological polar surface area (TPSA) is 158 Å². The predicted molar refractivity (Wildman–Crippen MR) is 97.6 cm³/mol. The molecular formula is C16H15N6O5P. The number of nitrogens with one attached hydrogen (secondary N) is 1. The summed E-state index contributed by atoms with van der Waals surface area (Å²) in [6, 6.07) is 7.04. The first kappa shape index (κ1) is 18.2. The van der Waals surface area contributed by atoms with Gasteiger partial charge in [-0.2, -0.15) is 10.2 Å². The molecule has 1 unspecified atom stereocenters. The van der Waals surface area contributed by atoms with Gasteiger partial charge in [-0.3, -0.25) is 14.3 Å². The number of nitriles is 1. The highest BCUT2D eigenvalue weighted by Gasteiger charge is 2.33. The first-order valence-corrected chi connectivity index (χ1v) is 9.95. The molecule has 28 heavy (non-hydrogen) atoms. The van der Waals surface area contributed by atoms with Crippen molar-refractivity contribution in [2.45, 2.75) is 13.2 Å². The maximum Gasteiger partial charge on any atom is 0.405 e. The van der Waals surface area contributed by atoms with E-state index in [2.05, 4.69) is 15.0 Å². The number of ether oxygens (including phenoxy) is 1. The molecule has 1 aliphatic heterocycles. The number of fused-ring (bicyclic) bond motifs is 2. The molecule has 1 aromatic carbocycles. The molecular weight excluding hydrogens is 387 g/mol. The molecule has 3 N–H and O–H groups in total. The van der Waals surface area contributed by atoms with Crippen LogP contribution in [0.2, 0.25) is 0 Å². The summed E-state index contributed by atoms with van der Waals surface area (Å²) in [5.41, 5.74) is 6.57.